The summed E-state index contributed by atoms with van der Waals surface area (Å²) in [5, 5.41) is 8.15. The molecule has 0 radical (unpaired) electrons. The molecule has 0 aromatic carbocycles. The number of halogens is 1. The van der Waals surface area contributed by atoms with E-state index in [0.717, 1.165) is 36.2 Å². The molecule has 1 saturated carbocycles. The van der Waals surface area contributed by atoms with Crippen molar-refractivity contribution in [2.45, 2.75) is 51.1 Å². The summed E-state index contributed by atoms with van der Waals surface area (Å²) in [5.74, 6) is 0. The predicted molar refractivity (Wildman–Crippen MR) is 79.8 cm³/mol. The van der Waals surface area contributed by atoms with Gasteiger partial charge in [0.25, 0.3) is 0 Å². The van der Waals surface area contributed by atoms with Gasteiger partial charge in [-0.1, -0.05) is 31.9 Å². The molecular weight excluding hydrogens is 306 g/mol. The lowest BCUT2D eigenvalue weighted by Gasteiger charge is -2.44. The summed E-state index contributed by atoms with van der Waals surface area (Å²) in [4.78, 5) is 2.52. The Morgan fingerprint density at radius 2 is 1.95 bits per heavy atom. The molecular formula is C13H24BrN5. The van der Waals surface area contributed by atoms with E-state index in [0.29, 0.717) is 0 Å². The van der Waals surface area contributed by atoms with E-state index in [2.05, 4.69) is 45.0 Å². The lowest BCUT2D eigenvalue weighted by Crippen LogP contribution is -2.54. The highest BCUT2D eigenvalue weighted by molar-refractivity contribution is 9.10. The normalized spacial score (nSPS) is 20.1. The van der Waals surface area contributed by atoms with Crippen LogP contribution in [0.25, 0.3) is 0 Å². The Hall–Kier alpha value is -0.460. The van der Waals surface area contributed by atoms with Crippen molar-refractivity contribution in [2.75, 3.05) is 13.1 Å². The van der Waals surface area contributed by atoms with Crippen molar-refractivity contribution < 1.29 is 0 Å². The van der Waals surface area contributed by atoms with Gasteiger partial charge in [0.05, 0.1) is 11.7 Å². The van der Waals surface area contributed by atoms with Gasteiger partial charge in [-0.3, -0.25) is 4.90 Å². The zero-order valence-corrected chi connectivity index (χ0v) is 13.7. The SMILES string of the molecule is CCN(CC)C1(C(N)c2c(Br)nnn2C)CCCC1. The first-order valence-corrected chi connectivity index (χ1v) is 7.91. The van der Waals surface area contributed by atoms with Crippen molar-refractivity contribution in [3.63, 3.8) is 0 Å². The molecule has 1 fully saturated rings. The molecule has 1 aliphatic carbocycles. The number of likely N-dealkylation sites (N-methyl/N-ethyl adjacent to an activating group) is 1. The molecule has 0 bridgehead atoms. The molecule has 6 heteroatoms. The van der Waals surface area contributed by atoms with Crippen LogP contribution in [0.5, 0.6) is 0 Å². The zero-order valence-electron chi connectivity index (χ0n) is 12.1. The number of nitrogens with zero attached hydrogens (tertiary/aromatic N) is 4. The maximum absolute atomic E-state index is 6.66. The molecule has 0 saturated heterocycles. The van der Waals surface area contributed by atoms with E-state index in [1.165, 1.54) is 12.8 Å². The average molecular weight is 330 g/mol. The fourth-order valence-electron chi connectivity index (χ4n) is 3.59. The highest BCUT2D eigenvalue weighted by atomic mass is 79.9. The van der Waals surface area contributed by atoms with E-state index in [1.807, 2.05) is 7.05 Å². The highest BCUT2D eigenvalue weighted by Gasteiger charge is 2.45. The Labute approximate surface area is 123 Å². The quantitative estimate of drug-likeness (QED) is 0.899. The monoisotopic (exact) mass is 329 g/mol. The molecule has 0 amide bonds. The van der Waals surface area contributed by atoms with Crippen LogP contribution in [0.15, 0.2) is 4.60 Å². The van der Waals surface area contributed by atoms with Gasteiger partial charge in [0.1, 0.15) is 0 Å². The number of aryl methyl sites for hydroxylation is 1. The van der Waals surface area contributed by atoms with E-state index in [1.54, 1.807) is 4.68 Å². The Balaban J connectivity index is 2.39. The molecule has 5 nitrogen and oxygen atoms in total. The first kappa shape index (κ1) is 14.9. The zero-order chi connectivity index (χ0) is 14.0. The molecule has 1 heterocycles. The maximum atomic E-state index is 6.66. The maximum Gasteiger partial charge on any atom is 0.153 e. The summed E-state index contributed by atoms with van der Waals surface area (Å²) in [7, 11) is 1.91. The summed E-state index contributed by atoms with van der Waals surface area (Å²) in [6.45, 7) is 6.50. The van der Waals surface area contributed by atoms with Gasteiger partial charge in [0.15, 0.2) is 4.60 Å². The molecule has 2 rings (SSSR count). The van der Waals surface area contributed by atoms with E-state index >= 15 is 0 Å². The number of rotatable bonds is 5. The molecule has 1 aliphatic rings. The summed E-state index contributed by atoms with van der Waals surface area (Å²) in [6, 6.07) is -0.0516. The van der Waals surface area contributed by atoms with Crippen molar-refractivity contribution in [3.05, 3.63) is 10.3 Å². The van der Waals surface area contributed by atoms with Crippen LogP contribution >= 0.6 is 15.9 Å². The lowest BCUT2D eigenvalue weighted by molar-refractivity contribution is 0.0741. The Morgan fingerprint density at radius 3 is 2.37 bits per heavy atom. The molecule has 19 heavy (non-hydrogen) atoms. The van der Waals surface area contributed by atoms with Crippen LogP contribution in [-0.4, -0.2) is 38.5 Å². The molecule has 108 valence electrons. The number of hydrogen-bond donors (Lipinski definition) is 1. The van der Waals surface area contributed by atoms with Crippen LogP contribution in [0.3, 0.4) is 0 Å². The Bertz CT molecular complexity index is 401. The molecule has 1 atom stereocenters. The highest BCUT2D eigenvalue weighted by Crippen LogP contribution is 2.44. The molecule has 1 aromatic heterocycles. The van der Waals surface area contributed by atoms with Gasteiger partial charge in [-0.25, -0.2) is 4.68 Å². The molecule has 0 spiro atoms. The lowest BCUT2D eigenvalue weighted by atomic mass is 9.84. The first-order valence-electron chi connectivity index (χ1n) is 7.12. The van der Waals surface area contributed by atoms with Gasteiger partial charge >= 0.3 is 0 Å². The first-order chi connectivity index (χ1) is 9.06. The predicted octanol–water partition coefficient (Wildman–Crippen LogP) is 2.23. The van der Waals surface area contributed by atoms with Crippen molar-refractivity contribution >= 4 is 15.9 Å². The van der Waals surface area contributed by atoms with Crippen LogP contribution in [0.2, 0.25) is 0 Å². The second-order valence-electron chi connectivity index (χ2n) is 5.35. The van der Waals surface area contributed by atoms with Gasteiger partial charge in [-0.2, -0.15) is 0 Å². The third-order valence-electron chi connectivity index (χ3n) is 4.56. The van der Waals surface area contributed by atoms with E-state index < -0.39 is 0 Å². The summed E-state index contributed by atoms with van der Waals surface area (Å²) in [5.41, 5.74) is 7.73. The van der Waals surface area contributed by atoms with E-state index in [9.17, 15) is 0 Å². The Kier molecular flexibility index (Phi) is 4.63. The summed E-state index contributed by atoms with van der Waals surface area (Å²) >= 11 is 3.49. The third-order valence-corrected chi connectivity index (χ3v) is 5.13. The third kappa shape index (κ3) is 2.45. The van der Waals surface area contributed by atoms with Gasteiger partial charge in [-0.05, 0) is 41.9 Å². The largest absolute Gasteiger partial charge is 0.321 e. The van der Waals surface area contributed by atoms with E-state index in [4.69, 9.17) is 5.73 Å². The fraction of sp³-hybridized carbons (Fsp3) is 0.846. The summed E-state index contributed by atoms with van der Waals surface area (Å²) < 4.78 is 2.58. The molecule has 1 unspecified atom stereocenters. The smallest absolute Gasteiger partial charge is 0.153 e. The second kappa shape index (κ2) is 5.89. The molecule has 2 N–H and O–H groups in total. The number of hydrogen-bond acceptors (Lipinski definition) is 4. The average Bonchev–Trinajstić information content (AvgIpc) is 2.99. The van der Waals surface area contributed by atoms with Crippen molar-refractivity contribution in [1.29, 1.82) is 0 Å². The minimum atomic E-state index is -0.0516. The van der Waals surface area contributed by atoms with Crippen LogP contribution in [0, 0.1) is 0 Å². The Morgan fingerprint density at radius 1 is 1.37 bits per heavy atom. The van der Waals surface area contributed by atoms with Crippen molar-refractivity contribution in [2.24, 2.45) is 12.8 Å². The topological polar surface area (TPSA) is 60.0 Å². The fourth-order valence-corrected chi connectivity index (χ4v) is 4.16. The van der Waals surface area contributed by atoms with Gasteiger partial charge in [0, 0.05) is 12.6 Å². The minimum Gasteiger partial charge on any atom is -0.321 e. The van der Waals surface area contributed by atoms with Crippen LogP contribution in [0.4, 0.5) is 0 Å². The van der Waals surface area contributed by atoms with Gasteiger partial charge < -0.3 is 5.73 Å². The molecule has 0 aliphatic heterocycles. The standard InChI is InChI=1S/C13H24BrN5/c1-4-19(5-2)13(8-6-7-9-13)11(15)10-12(14)16-17-18(10)3/h11H,4-9,15H2,1-3H3. The number of nitrogens with two attached hydrogens (primary N) is 1. The number of aromatic nitrogens is 3. The minimum absolute atomic E-state index is 0.0516. The van der Waals surface area contributed by atoms with Gasteiger partial charge in [-0.15, -0.1) is 5.10 Å². The summed E-state index contributed by atoms with van der Waals surface area (Å²) in [6.07, 6.45) is 4.83. The van der Waals surface area contributed by atoms with Crippen LogP contribution < -0.4 is 5.73 Å². The van der Waals surface area contributed by atoms with Gasteiger partial charge in [0.2, 0.25) is 0 Å². The molecule has 1 aromatic rings. The van der Waals surface area contributed by atoms with Crippen LogP contribution in [-0.2, 0) is 7.05 Å². The van der Waals surface area contributed by atoms with Crippen molar-refractivity contribution in [1.82, 2.24) is 19.9 Å². The second-order valence-corrected chi connectivity index (χ2v) is 6.10. The van der Waals surface area contributed by atoms with Crippen LogP contribution in [0.1, 0.15) is 51.3 Å². The van der Waals surface area contributed by atoms with Crippen molar-refractivity contribution in [3.8, 4) is 0 Å². The van der Waals surface area contributed by atoms with E-state index in [-0.39, 0.29) is 11.6 Å².